The monoisotopic (exact) mass is 379 g/mol. The normalized spacial score (nSPS) is 10.4. The Labute approximate surface area is 131 Å². The van der Waals surface area contributed by atoms with Crippen molar-refractivity contribution in [1.82, 2.24) is 0 Å². The number of halogens is 5. The predicted octanol–water partition coefficient (Wildman–Crippen LogP) is 5.29. The molecule has 0 aliphatic carbocycles. The molecule has 20 heavy (non-hydrogen) atoms. The highest BCUT2D eigenvalue weighted by atomic mass is 79.9. The number of hydrogen-bond acceptors (Lipinski definition) is 1. The average Bonchev–Trinajstić information content (AvgIpc) is 2.32. The fraction of sp³-hybridized carbons (Fsp3) is 0. The first-order chi connectivity index (χ1) is 9.40. The number of rotatable bonds is 2. The first kappa shape index (κ1) is 15.2. The van der Waals surface area contributed by atoms with Crippen LogP contribution in [0.1, 0.15) is 10.4 Å². The minimum absolute atomic E-state index is 0.0996. The van der Waals surface area contributed by atoms with Crippen molar-refractivity contribution in [1.29, 1.82) is 0 Å². The van der Waals surface area contributed by atoms with E-state index < -0.39 is 23.1 Å². The van der Waals surface area contributed by atoms with Gasteiger partial charge in [0.2, 0.25) is 0 Å². The summed E-state index contributed by atoms with van der Waals surface area (Å²) in [6.45, 7) is 0. The summed E-state index contributed by atoms with van der Waals surface area (Å²) >= 11 is 14.7. The van der Waals surface area contributed by atoms with E-state index in [2.05, 4.69) is 21.2 Å². The van der Waals surface area contributed by atoms with Crippen LogP contribution >= 0.6 is 39.1 Å². The molecule has 0 heterocycles. The largest absolute Gasteiger partial charge is 0.319 e. The zero-order valence-electron chi connectivity index (χ0n) is 9.68. The molecular formula is C13H6BrCl2F2NO. The number of carbonyl (C=O) groups is 1. The van der Waals surface area contributed by atoms with Crippen molar-refractivity contribution >= 4 is 50.7 Å². The Morgan fingerprint density at radius 2 is 1.60 bits per heavy atom. The molecule has 0 saturated heterocycles. The van der Waals surface area contributed by atoms with Crippen molar-refractivity contribution in [3.63, 3.8) is 0 Å². The number of carbonyl (C=O) groups excluding carboxylic acids is 1. The zero-order valence-corrected chi connectivity index (χ0v) is 12.8. The number of benzene rings is 2. The molecule has 0 unspecified atom stereocenters. The lowest BCUT2D eigenvalue weighted by atomic mass is 10.1. The maximum atomic E-state index is 13.7. The molecule has 7 heteroatoms. The SMILES string of the molecule is O=C(Nc1c(Cl)cccc1Cl)c1c(F)cc(Br)cc1F. The minimum atomic E-state index is -0.988. The molecule has 2 aromatic rings. The van der Waals surface area contributed by atoms with Crippen molar-refractivity contribution in [2.75, 3.05) is 5.32 Å². The van der Waals surface area contributed by atoms with Gasteiger partial charge in [-0.15, -0.1) is 0 Å². The van der Waals surface area contributed by atoms with Crippen LogP contribution in [0.4, 0.5) is 14.5 Å². The predicted molar refractivity (Wildman–Crippen MR) is 78.5 cm³/mol. The molecule has 0 bridgehead atoms. The highest BCUT2D eigenvalue weighted by molar-refractivity contribution is 9.10. The van der Waals surface area contributed by atoms with Gasteiger partial charge in [0.15, 0.2) is 0 Å². The average molecular weight is 381 g/mol. The van der Waals surface area contributed by atoms with Gasteiger partial charge in [0.05, 0.1) is 15.7 Å². The van der Waals surface area contributed by atoms with Gasteiger partial charge in [-0.2, -0.15) is 0 Å². The van der Waals surface area contributed by atoms with Crippen LogP contribution in [-0.4, -0.2) is 5.91 Å². The highest BCUT2D eigenvalue weighted by Crippen LogP contribution is 2.30. The quantitative estimate of drug-likeness (QED) is 0.753. The van der Waals surface area contributed by atoms with E-state index >= 15 is 0 Å². The lowest BCUT2D eigenvalue weighted by molar-refractivity contribution is 0.101. The van der Waals surface area contributed by atoms with E-state index in [1.807, 2.05) is 0 Å². The van der Waals surface area contributed by atoms with Gasteiger partial charge in [-0.3, -0.25) is 4.79 Å². The van der Waals surface area contributed by atoms with E-state index in [9.17, 15) is 13.6 Å². The lowest BCUT2D eigenvalue weighted by Gasteiger charge is -2.10. The molecule has 0 aliphatic rings. The summed E-state index contributed by atoms with van der Waals surface area (Å²) in [5.41, 5.74) is -0.605. The van der Waals surface area contributed by atoms with Crippen LogP contribution in [0, 0.1) is 11.6 Å². The fourth-order valence-corrected chi connectivity index (χ4v) is 2.45. The van der Waals surface area contributed by atoms with Crippen LogP contribution in [-0.2, 0) is 0 Å². The van der Waals surface area contributed by atoms with E-state index in [0.29, 0.717) is 0 Å². The number of amides is 1. The van der Waals surface area contributed by atoms with Gasteiger partial charge in [-0.25, -0.2) is 8.78 Å². The number of hydrogen-bond donors (Lipinski definition) is 1. The van der Waals surface area contributed by atoms with Gasteiger partial charge in [0, 0.05) is 4.47 Å². The van der Waals surface area contributed by atoms with Gasteiger partial charge in [-0.05, 0) is 24.3 Å². The molecule has 0 aromatic heterocycles. The Balaban J connectivity index is 2.39. The van der Waals surface area contributed by atoms with Gasteiger partial charge in [0.1, 0.15) is 17.2 Å². The van der Waals surface area contributed by atoms with Crippen molar-refractivity contribution < 1.29 is 13.6 Å². The summed E-state index contributed by atoms with van der Waals surface area (Å²) in [6.07, 6.45) is 0. The van der Waals surface area contributed by atoms with Crippen LogP contribution in [0.5, 0.6) is 0 Å². The molecule has 104 valence electrons. The summed E-state index contributed by atoms with van der Waals surface area (Å²) in [5, 5.41) is 2.64. The number of para-hydroxylation sites is 1. The van der Waals surface area contributed by atoms with Crippen molar-refractivity contribution in [2.24, 2.45) is 0 Å². The maximum absolute atomic E-state index is 13.7. The first-order valence-corrected chi connectivity index (χ1v) is 6.85. The number of nitrogens with one attached hydrogen (secondary N) is 1. The summed E-state index contributed by atoms with van der Waals surface area (Å²) in [6, 6.07) is 6.56. The molecule has 2 rings (SSSR count). The smallest absolute Gasteiger partial charge is 0.261 e. The molecular weight excluding hydrogens is 375 g/mol. The fourth-order valence-electron chi connectivity index (χ4n) is 1.55. The summed E-state index contributed by atoms with van der Waals surface area (Å²) in [5.74, 6) is -2.95. The van der Waals surface area contributed by atoms with Crippen LogP contribution in [0.2, 0.25) is 10.0 Å². The second-order valence-corrected chi connectivity index (χ2v) is 5.53. The van der Waals surface area contributed by atoms with Crippen LogP contribution in [0.3, 0.4) is 0 Å². The van der Waals surface area contributed by atoms with Crippen LogP contribution in [0.25, 0.3) is 0 Å². The van der Waals surface area contributed by atoms with Gasteiger partial charge >= 0.3 is 0 Å². The van der Waals surface area contributed by atoms with E-state index in [4.69, 9.17) is 23.2 Å². The molecule has 2 nitrogen and oxygen atoms in total. The first-order valence-electron chi connectivity index (χ1n) is 5.30. The van der Waals surface area contributed by atoms with E-state index in [1.54, 1.807) is 6.07 Å². The van der Waals surface area contributed by atoms with Gasteiger partial charge in [0.25, 0.3) is 5.91 Å². The molecule has 0 fully saturated rings. The van der Waals surface area contributed by atoms with E-state index in [1.165, 1.54) is 12.1 Å². The van der Waals surface area contributed by atoms with Gasteiger partial charge < -0.3 is 5.32 Å². The molecule has 0 atom stereocenters. The second kappa shape index (κ2) is 6.08. The zero-order chi connectivity index (χ0) is 14.9. The van der Waals surface area contributed by atoms with E-state index in [-0.39, 0.29) is 20.2 Å². The summed E-state index contributed by atoms with van der Waals surface area (Å²) in [7, 11) is 0. The third-order valence-corrected chi connectivity index (χ3v) is 3.52. The number of anilines is 1. The molecule has 0 spiro atoms. The maximum Gasteiger partial charge on any atom is 0.261 e. The lowest BCUT2D eigenvalue weighted by Crippen LogP contribution is -2.16. The highest BCUT2D eigenvalue weighted by Gasteiger charge is 2.20. The summed E-state index contributed by atoms with van der Waals surface area (Å²) in [4.78, 5) is 11.9. The molecule has 0 aliphatic heterocycles. The third kappa shape index (κ3) is 3.11. The third-order valence-electron chi connectivity index (χ3n) is 2.44. The Morgan fingerprint density at radius 1 is 1.10 bits per heavy atom. The molecule has 1 N–H and O–H groups in total. The topological polar surface area (TPSA) is 29.1 Å². The molecule has 1 amide bonds. The molecule has 0 radical (unpaired) electrons. The van der Waals surface area contributed by atoms with Crippen molar-refractivity contribution in [3.8, 4) is 0 Å². The van der Waals surface area contributed by atoms with E-state index in [0.717, 1.165) is 12.1 Å². The van der Waals surface area contributed by atoms with Crippen LogP contribution in [0.15, 0.2) is 34.8 Å². The van der Waals surface area contributed by atoms with Crippen molar-refractivity contribution in [3.05, 3.63) is 62.0 Å². The Morgan fingerprint density at radius 3 is 2.10 bits per heavy atom. The Bertz CT molecular complexity index is 651. The summed E-state index contributed by atoms with van der Waals surface area (Å²) < 4.78 is 27.5. The standard InChI is InChI=1S/C13H6BrCl2F2NO/c14-6-4-9(17)11(10(18)5-6)13(20)19-12-7(15)2-1-3-8(12)16/h1-5H,(H,19,20). The Hall–Kier alpha value is -1.17. The minimum Gasteiger partial charge on any atom is -0.319 e. The van der Waals surface area contributed by atoms with Crippen LogP contribution < -0.4 is 5.32 Å². The van der Waals surface area contributed by atoms with Crippen molar-refractivity contribution in [2.45, 2.75) is 0 Å². The molecule has 2 aromatic carbocycles. The van der Waals surface area contributed by atoms with Gasteiger partial charge in [-0.1, -0.05) is 45.2 Å². The molecule has 0 saturated carbocycles. The second-order valence-electron chi connectivity index (χ2n) is 3.80. The Kier molecular flexibility index (Phi) is 4.62.